The van der Waals surface area contributed by atoms with Gasteiger partial charge in [-0.05, 0) is 36.4 Å². The molecule has 1 amide bonds. The molecule has 0 bridgehead atoms. The van der Waals surface area contributed by atoms with E-state index in [9.17, 15) is 9.18 Å². The largest absolute Gasteiger partial charge is 0.374 e. The van der Waals surface area contributed by atoms with Gasteiger partial charge in [0.15, 0.2) is 0 Å². The van der Waals surface area contributed by atoms with Crippen LogP contribution in [0, 0.1) is 5.82 Å². The summed E-state index contributed by atoms with van der Waals surface area (Å²) in [6, 6.07) is 15.2. The molecule has 0 spiro atoms. The predicted molar refractivity (Wildman–Crippen MR) is 87.1 cm³/mol. The third kappa shape index (κ3) is 3.74. The van der Waals surface area contributed by atoms with E-state index in [0.717, 1.165) is 11.4 Å². The second-order valence-electron chi connectivity index (χ2n) is 4.88. The maximum Gasteiger partial charge on any atom is 0.243 e. The molecule has 23 heavy (non-hydrogen) atoms. The van der Waals surface area contributed by atoms with Crippen molar-refractivity contribution in [2.75, 3.05) is 17.2 Å². The Morgan fingerprint density at radius 2 is 2.00 bits per heavy atom. The summed E-state index contributed by atoms with van der Waals surface area (Å²) in [6.07, 6.45) is 3.51. The second-order valence-corrected chi connectivity index (χ2v) is 4.88. The van der Waals surface area contributed by atoms with Crippen LogP contribution in [0.3, 0.4) is 0 Å². The molecule has 0 aliphatic carbocycles. The number of hydrogen-bond donors (Lipinski definition) is 2. The van der Waals surface area contributed by atoms with E-state index in [-0.39, 0.29) is 18.3 Å². The first kappa shape index (κ1) is 14.8. The van der Waals surface area contributed by atoms with Crippen molar-refractivity contribution in [1.82, 2.24) is 9.78 Å². The number of nitrogens with one attached hydrogen (secondary N) is 2. The van der Waals surface area contributed by atoms with Crippen LogP contribution in [0.5, 0.6) is 0 Å². The number of benzene rings is 2. The lowest BCUT2D eigenvalue weighted by Crippen LogP contribution is -2.22. The zero-order chi connectivity index (χ0) is 16.1. The Bertz CT molecular complexity index is 802. The molecular weight excluding hydrogens is 295 g/mol. The van der Waals surface area contributed by atoms with Gasteiger partial charge in [-0.25, -0.2) is 9.07 Å². The lowest BCUT2D eigenvalue weighted by atomic mass is 10.2. The van der Waals surface area contributed by atoms with E-state index in [0.29, 0.717) is 5.69 Å². The molecule has 2 aromatic carbocycles. The first-order valence-electron chi connectivity index (χ1n) is 7.11. The number of carbonyl (C=O) groups excluding carboxylic acids is 1. The minimum Gasteiger partial charge on any atom is -0.374 e. The molecule has 1 aromatic heterocycles. The summed E-state index contributed by atoms with van der Waals surface area (Å²) in [5, 5.41) is 9.90. The smallest absolute Gasteiger partial charge is 0.243 e. The SMILES string of the molecule is O=C(CNc1ccccc1-n1cccn1)Nc1cccc(F)c1. The Labute approximate surface area is 132 Å². The summed E-state index contributed by atoms with van der Waals surface area (Å²) in [4.78, 5) is 12.0. The maximum atomic E-state index is 13.1. The minimum absolute atomic E-state index is 0.0643. The van der Waals surface area contributed by atoms with Crippen molar-refractivity contribution >= 4 is 17.3 Å². The first-order chi connectivity index (χ1) is 11.2. The fraction of sp³-hybridized carbons (Fsp3) is 0.0588. The van der Waals surface area contributed by atoms with E-state index in [4.69, 9.17) is 0 Å². The average Bonchev–Trinajstić information content (AvgIpc) is 3.07. The van der Waals surface area contributed by atoms with Gasteiger partial charge in [0, 0.05) is 18.1 Å². The van der Waals surface area contributed by atoms with Gasteiger partial charge in [0.05, 0.1) is 17.9 Å². The van der Waals surface area contributed by atoms with E-state index in [1.54, 1.807) is 23.0 Å². The molecular formula is C17H15FN4O. The van der Waals surface area contributed by atoms with E-state index >= 15 is 0 Å². The number of halogens is 1. The Balaban J connectivity index is 1.66. The second kappa shape index (κ2) is 6.74. The van der Waals surface area contributed by atoms with Gasteiger partial charge in [-0.2, -0.15) is 5.10 Å². The van der Waals surface area contributed by atoms with Crippen LogP contribution in [0.25, 0.3) is 5.69 Å². The van der Waals surface area contributed by atoms with Gasteiger partial charge in [0.1, 0.15) is 5.82 Å². The van der Waals surface area contributed by atoms with Crippen molar-refractivity contribution in [2.45, 2.75) is 0 Å². The summed E-state index contributed by atoms with van der Waals surface area (Å²) < 4.78 is 14.8. The van der Waals surface area contributed by atoms with Crippen molar-refractivity contribution in [2.24, 2.45) is 0 Å². The molecule has 0 radical (unpaired) electrons. The highest BCUT2D eigenvalue weighted by Gasteiger charge is 2.07. The van der Waals surface area contributed by atoms with E-state index in [1.807, 2.05) is 36.5 Å². The van der Waals surface area contributed by atoms with Gasteiger partial charge >= 0.3 is 0 Å². The van der Waals surface area contributed by atoms with Gasteiger partial charge in [0.25, 0.3) is 0 Å². The van der Waals surface area contributed by atoms with Crippen molar-refractivity contribution in [1.29, 1.82) is 0 Å². The maximum absolute atomic E-state index is 13.1. The van der Waals surface area contributed by atoms with E-state index in [2.05, 4.69) is 15.7 Å². The van der Waals surface area contributed by atoms with Gasteiger partial charge in [-0.1, -0.05) is 18.2 Å². The Morgan fingerprint density at radius 1 is 1.13 bits per heavy atom. The van der Waals surface area contributed by atoms with Crippen molar-refractivity contribution in [3.8, 4) is 5.69 Å². The molecule has 6 heteroatoms. The molecule has 5 nitrogen and oxygen atoms in total. The zero-order valence-electron chi connectivity index (χ0n) is 12.2. The number of carbonyl (C=O) groups is 1. The number of aromatic nitrogens is 2. The molecule has 1 heterocycles. The number of hydrogen-bond acceptors (Lipinski definition) is 3. The molecule has 0 unspecified atom stereocenters. The van der Waals surface area contributed by atoms with Gasteiger partial charge < -0.3 is 10.6 Å². The van der Waals surface area contributed by atoms with Crippen molar-refractivity contribution in [3.63, 3.8) is 0 Å². The van der Waals surface area contributed by atoms with Gasteiger partial charge in [0.2, 0.25) is 5.91 Å². The third-order valence-electron chi connectivity index (χ3n) is 3.20. The quantitative estimate of drug-likeness (QED) is 0.761. The number of anilines is 2. The highest BCUT2D eigenvalue weighted by Crippen LogP contribution is 2.18. The molecule has 2 N–H and O–H groups in total. The Kier molecular flexibility index (Phi) is 4.33. The van der Waals surface area contributed by atoms with Crippen LogP contribution in [-0.4, -0.2) is 22.2 Å². The van der Waals surface area contributed by atoms with Crippen molar-refractivity contribution in [3.05, 3.63) is 72.8 Å². The van der Waals surface area contributed by atoms with Crippen LogP contribution in [0.15, 0.2) is 67.0 Å². The fourth-order valence-electron chi connectivity index (χ4n) is 2.18. The Hall–Kier alpha value is -3.15. The Morgan fingerprint density at radius 3 is 2.78 bits per heavy atom. The fourth-order valence-corrected chi connectivity index (χ4v) is 2.18. The summed E-state index contributed by atoms with van der Waals surface area (Å²) in [6.45, 7) is 0.0643. The molecule has 0 saturated heterocycles. The highest BCUT2D eigenvalue weighted by atomic mass is 19.1. The van der Waals surface area contributed by atoms with E-state index in [1.165, 1.54) is 12.1 Å². The number of amides is 1. The van der Waals surface area contributed by atoms with E-state index < -0.39 is 0 Å². The van der Waals surface area contributed by atoms with Gasteiger partial charge in [-0.3, -0.25) is 4.79 Å². The van der Waals surface area contributed by atoms with Crippen LogP contribution in [0.1, 0.15) is 0 Å². The average molecular weight is 310 g/mol. The molecule has 3 rings (SSSR count). The van der Waals surface area contributed by atoms with Crippen LogP contribution < -0.4 is 10.6 Å². The molecule has 116 valence electrons. The molecule has 0 saturated carbocycles. The lowest BCUT2D eigenvalue weighted by molar-refractivity contribution is -0.114. The molecule has 0 aliphatic rings. The van der Waals surface area contributed by atoms with Gasteiger partial charge in [-0.15, -0.1) is 0 Å². The lowest BCUT2D eigenvalue weighted by Gasteiger charge is -2.12. The normalized spacial score (nSPS) is 10.3. The van der Waals surface area contributed by atoms with Crippen molar-refractivity contribution < 1.29 is 9.18 Å². The summed E-state index contributed by atoms with van der Waals surface area (Å²) in [7, 11) is 0. The molecule has 0 aliphatic heterocycles. The number of nitrogens with zero attached hydrogens (tertiary/aromatic N) is 2. The zero-order valence-corrected chi connectivity index (χ0v) is 12.2. The number of rotatable bonds is 5. The first-order valence-corrected chi connectivity index (χ1v) is 7.11. The summed E-state index contributed by atoms with van der Waals surface area (Å²) in [5.41, 5.74) is 2.05. The van der Waals surface area contributed by atoms with Crippen LogP contribution >= 0.6 is 0 Å². The van der Waals surface area contributed by atoms with Crippen LogP contribution in [0.2, 0.25) is 0 Å². The molecule has 0 fully saturated rings. The summed E-state index contributed by atoms with van der Waals surface area (Å²) in [5.74, 6) is -0.648. The highest BCUT2D eigenvalue weighted by molar-refractivity contribution is 5.94. The minimum atomic E-state index is -0.389. The standard InChI is InChI=1S/C17H15FN4O/c18-13-5-3-6-14(11-13)21-17(23)12-19-15-7-1-2-8-16(15)22-10-4-9-20-22/h1-11,19H,12H2,(H,21,23). The van der Waals surface area contributed by atoms with Crippen LogP contribution in [0.4, 0.5) is 15.8 Å². The number of para-hydroxylation sites is 2. The molecule has 3 aromatic rings. The van der Waals surface area contributed by atoms with Crippen LogP contribution in [-0.2, 0) is 4.79 Å². The monoisotopic (exact) mass is 310 g/mol. The summed E-state index contributed by atoms with van der Waals surface area (Å²) >= 11 is 0. The third-order valence-corrected chi connectivity index (χ3v) is 3.20. The molecule has 0 atom stereocenters. The predicted octanol–water partition coefficient (Wildman–Crippen LogP) is 3.06. The topological polar surface area (TPSA) is 59.0 Å².